The van der Waals surface area contributed by atoms with E-state index in [0.717, 1.165) is 14.9 Å². The van der Waals surface area contributed by atoms with Crippen molar-refractivity contribution in [1.82, 2.24) is 0 Å². The lowest BCUT2D eigenvalue weighted by Crippen LogP contribution is -2.29. The molecule has 0 saturated heterocycles. The van der Waals surface area contributed by atoms with Crippen LogP contribution in [0.1, 0.15) is 26.3 Å². The van der Waals surface area contributed by atoms with Crippen molar-refractivity contribution in [3.05, 3.63) is 57.6 Å². The third kappa shape index (κ3) is 1.67. The molecule has 5 heteroatoms. The van der Waals surface area contributed by atoms with E-state index >= 15 is 0 Å². The number of halogens is 1. The van der Waals surface area contributed by atoms with Crippen molar-refractivity contribution in [1.29, 1.82) is 0 Å². The zero-order valence-corrected chi connectivity index (χ0v) is 12.3. The molecular formula is C15H11BrN2O2. The van der Waals surface area contributed by atoms with Crippen LogP contribution in [0, 0.1) is 6.92 Å². The SMILES string of the molecule is Cc1cccc(N2C(=O)c3cccc(N)c3C2=O)c1Br. The van der Waals surface area contributed by atoms with E-state index in [-0.39, 0.29) is 17.4 Å². The first-order valence-electron chi connectivity index (χ1n) is 6.04. The van der Waals surface area contributed by atoms with Crippen molar-refractivity contribution < 1.29 is 9.59 Å². The first-order valence-corrected chi connectivity index (χ1v) is 6.84. The normalized spacial score (nSPS) is 13.8. The van der Waals surface area contributed by atoms with Crippen molar-refractivity contribution in [3.8, 4) is 0 Å². The van der Waals surface area contributed by atoms with Gasteiger partial charge in [0.1, 0.15) is 0 Å². The topological polar surface area (TPSA) is 63.4 Å². The number of hydrogen-bond acceptors (Lipinski definition) is 3. The quantitative estimate of drug-likeness (QED) is 0.645. The Morgan fingerprint density at radius 1 is 1.05 bits per heavy atom. The third-order valence-electron chi connectivity index (χ3n) is 3.36. The van der Waals surface area contributed by atoms with Gasteiger partial charge < -0.3 is 5.73 Å². The van der Waals surface area contributed by atoms with Crippen LogP contribution in [-0.2, 0) is 0 Å². The molecule has 0 fully saturated rings. The largest absolute Gasteiger partial charge is 0.398 e. The summed E-state index contributed by atoms with van der Waals surface area (Å²) in [5, 5.41) is 0. The molecule has 0 unspecified atom stereocenters. The Morgan fingerprint density at radius 3 is 2.45 bits per heavy atom. The molecule has 2 aromatic rings. The van der Waals surface area contributed by atoms with Crippen LogP contribution in [0.2, 0.25) is 0 Å². The molecule has 1 aliphatic heterocycles. The highest BCUT2D eigenvalue weighted by Crippen LogP contribution is 2.36. The first kappa shape index (κ1) is 12.9. The van der Waals surface area contributed by atoms with Crippen molar-refractivity contribution in [2.24, 2.45) is 0 Å². The molecule has 3 rings (SSSR count). The van der Waals surface area contributed by atoms with E-state index in [1.54, 1.807) is 24.3 Å². The maximum Gasteiger partial charge on any atom is 0.268 e. The molecule has 1 heterocycles. The minimum Gasteiger partial charge on any atom is -0.398 e. The predicted molar refractivity (Wildman–Crippen MR) is 80.9 cm³/mol. The Hall–Kier alpha value is -2.14. The number of hydrogen-bond donors (Lipinski definition) is 1. The van der Waals surface area contributed by atoms with Gasteiger partial charge in [0.25, 0.3) is 11.8 Å². The zero-order valence-electron chi connectivity index (χ0n) is 10.7. The predicted octanol–water partition coefficient (Wildman–Crippen LogP) is 3.14. The number of aryl methyl sites for hydroxylation is 1. The number of rotatable bonds is 1. The average molecular weight is 331 g/mol. The van der Waals surface area contributed by atoms with Crippen LogP contribution >= 0.6 is 15.9 Å². The summed E-state index contributed by atoms with van der Waals surface area (Å²) in [4.78, 5) is 26.1. The van der Waals surface area contributed by atoms with Crippen molar-refractivity contribution in [3.63, 3.8) is 0 Å². The molecule has 0 spiro atoms. The second kappa shape index (κ2) is 4.45. The summed E-state index contributed by atoms with van der Waals surface area (Å²) in [5.74, 6) is -0.724. The number of anilines is 2. The molecule has 4 nitrogen and oxygen atoms in total. The molecule has 0 aliphatic carbocycles. The Bertz CT molecular complexity index is 756. The van der Waals surface area contributed by atoms with Gasteiger partial charge in [-0.05, 0) is 46.6 Å². The highest BCUT2D eigenvalue weighted by molar-refractivity contribution is 9.10. The van der Waals surface area contributed by atoms with Gasteiger partial charge in [-0.25, -0.2) is 4.90 Å². The standard InChI is InChI=1S/C15H11BrN2O2/c1-8-4-2-7-11(13(8)16)18-14(19)9-5-3-6-10(17)12(9)15(18)20/h2-7H,17H2,1H3. The van der Waals surface area contributed by atoms with Gasteiger partial charge in [0.15, 0.2) is 0 Å². The molecule has 0 atom stereocenters. The number of benzene rings is 2. The summed E-state index contributed by atoms with van der Waals surface area (Å²) in [5.41, 5.74) is 8.27. The number of nitrogens with two attached hydrogens (primary N) is 1. The van der Waals surface area contributed by atoms with E-state index in [1.165, 1.54) is 0 Å². The Labute approximate surface area is 124 Å². The Balaban J connectivity index is 2.20. The molecular weight excluding hydrogens is 320 g/mol. The molecule has 2 amide bonds. The summed E-state index contributed by atoms with van der Waals surface area (Å²) < 4.78 is 0.730. The van der Waals surface area contributed by atoms with Crippen LogP contribution in [0.5, 0.6) is 0 Å². The van der Waals surface area contributed by atoms with Crippen molar-refractivity contribution in [2.45, 2.75) is 6.92 Å². The second-order valence-corrected chi connectivity index (χ2v) is 5.42. The van der Waals surface area contributed by atoms with Gasteiger partial charge in [-0.2, -0.15) is 0 Å². The van der Waals surface area contributed by atoms with Gasteiger partial charge in [-0.3, -0.25) is 9.59 Å². The average Bonchev–Trinajstić information content (AvgIpc) is 2.67. The molecule has 1 aliphatic rings. The maximum absolute atomic E-state index is 12.5. The summed E-state index contributed by atoms with van der Waals surface area (Å²) in [6.45, 7) is 1.90. The van der Waals surface area contributed by atoms with E-state index in [4.69, 9.17) is 5.73 Å². The van der Waals surface area contributed by atoms with Crippen LogP contribution in [-0.4, -0.2) is 11.8 Å². The van der Waals surface area contributed by atoms with Crippen LogP contribution in [0.3, 0.4) is 0 Å². The third-order valence-corrected chi connectivity index (χ3v) is 4.39. The number of carbonyl (C=O) groups is 2. The van der Waals surface area contributed by atoms with Crippen molar-refractivity contribution >= 4 is 39.1 Å². The summed E-state index contributed by atoms with van der Waals surface area (Å²) in [6.07, 6.45) is 0. The van der Waals surface area contributed by atoms with Crippen molar-refractivity contribution in [2.75, 3.05) is 10.6 Å². The summed E-state index contributed by atoms with van der Waals surface area (Å²) in [6, 6.07) is 10.4. The van der Waals surface area contributed by atoms with Gasteiger partial charge in [-0.1, -0.05) is 18.2 Å². The molecule has 0 aromatic heterocycles. The van der Waals surface area contributed by atoms with E-state index < -0.39 is 0 Å². The smallest absolute Gasteiger partial charge is 0.268 e. The highest BCUT2D eigenvalue weighted by Gasteiger charge is 2.38. The maximum atomic E-state index is 12.5. The minimum absolute atomic E-state index is 0.283. The molecule has 0 radical (unpaired) electrons. The number of amides is 2. The van der Waals surface area contributed by atoms with Crippen LogP contribution in [0.4, 0.5) is 11.4 Å². The number of carbonyl (C=O) groups excluding carboxylic acids is 2. The molecule has 0 saturated carbocycles. The lowest BCUT2D eigenvalue weighted by molar-refractivity contribution is 0.0926. The number of nitrogens with zero attached hydrogens (tertiary/aromatic N) is 1. The molecule has 2 N–H and O–H groups in total. The molecule has 100 valence electrons. The molecule has 2 aromatic carbocycles. The molecule has 0 bridgehead atoms. The second-order valence-electron chi connectivity index (χ2n) is 4.62. The number of nitrogen functional groups attached to an aromatic ring is 1. The molecule has 20 heavy (non-hydrogen) atoms. The highest BCUT2D eigenvalue weighted by atomic mass is 79.9. The van der Waals surface area contributed by atoms with Crippen LogP contribution < -0.4 is 10.6 Å². The monoisotopic (exact) mass is 330 g/mol. The fraction of sp³-hybridized carbons (Fsp3) is 0.0667. The van der Waals surface area contributed by atoms with Crippen LogP contribution in [0.15, 0.2) is 40.9 Å². The van der Waals surface area contributed by atoms with E-state index in [1.807, 2.05) is 19.1 Å². The van der Waals surface area contributed by atoms with Crippen LogP contribution in [0.25, 0.3) is 0 Å². The minimum atomic E-state index is -0.380. The van der Waals surface area contributed by atoms with Gasteiger partial charge in [-0.15, -0.1) is 0 Å². The van der Waals surface area contributed by atoms with Gasteiger partial charge >= 0.3 is 0 Å². The zero-order chi connectivity index (χ0) is 14.4. The fourth-order valence-corrected chi connectivity index (χ4v) is 2.78. The van der Waals surface area contributed by atoms with Gasteiger partial charge in [0, 0.05) is 10.2 Å². The lowest BCUT2D eigenvalue weighted by atomic mass is 10.1. The number of imide groups is 1. The summed E-state index contributed by atoms with van der Waals surface area (Å²) >= 11 is 3.43. The lowest BCUT2D eigenvalue weighted by Gasteiger charge is -2.16. The number of fused-ring (bicyclic) bond motifs is 1. The van der Waals surface area contributed by atoms with Gasteiger partial charge in [0.05, 0.1) is 16.8 Å². The Kier molecular flexibility index (Phi) is 2.87. The summed E-state index contributed by atoms with van der Waals surface area (Å²) in [7, 11) is 0. The van der Waals surface area contributed by atoms with E-state index in [9.17, 15) is 9.59 Å². The van der Waals surface area contributed by atoms with E-state index in [0.29, 0.717) is 16.9 Å². The van der Waals surface area contributed by atoms with E-state index in [2.05, 4.69) is 15.9 Å². The fourth-order valence-electron chi connectivity index (χ4n) is 2.33. The Morgan fingerprint density at radius 2 is 1.75 bits per heavy atom. The van der Waals surface area contributed by atoms with Gasteiger partial charge in [0.2, 0.25) is 0 Å². The first-order chi connectivity index (χ1) is 9.52.